The van der Waals surface area contributed by atoms with Gasteiger partial charge in [0.05, 0.1) is 5.92 Å². The Morgan fingerprint density at radius 1 is 1.37 bits per heavy atom. The Labute approximate surface area is 157 Å². The van der Waals surface area contributed by atoms with E-state index >= 15 is 0 Å². The molecule has 3 fully saturated rings. The zero-order valence-electron chi connectivity index (χ0n) is 15.7. The number of allylic oxidation sites excluding steroid dienone is 1. The third-order valence-corrected chi connectivity index (χ3v) is 5.58. The molecule has 1 saturated carbocycles. The molecule has 3 rings (SSSR count). The molecule has 1 N–H and O–H groups in total. The fourth-order valence-electron chi connectivity index (χ4n) is 3.76. The van der Waals surface area contributed by atoms with E-state index in [1.807, 2.05) is 0 Å². The third kappa shape index (κ3) is 3.37. The van der Waals surface area contributed by atoms with Crippen molar-refractivity contribution in [2.75, 3.05) is 0 Å². The minimum atomic E-state index is -1.32. The number of epoxide rings is 1. The Balaban J connectivity index is 1.96. The van der Waals surface area contributed by atoms with Gasteiger partial charge in [-0.1, -0.05) is 19.2 Å². The predicted octanol–water partition coefficient (Wildman–Crippen LogP) is 1.40. The van der Waals surface area contributed by atoms with Crippen molar-refractivity contribution >= 4 is 17.7 Å². The van der Waals surface area contributed by atoms with E-state index in [2.05, 4.69) is 13.2 Å². The van der Waals surface area contributed by atoms with Crippen LogP contribution in [0.2, 0.25) is 0 Å². The van der Waals surface area contributed by atoms with E-state index in [0.717, 1.165) is 0 Å². The lowest BCUT2D eigenvalue weighted by Crippen LogP contribution is -2.44. The molecule has 3 aliphatic rings. The zero-order valence-corrected chi connectivity index (χ0v) is 15.7. The highest BCUT2D eigenvalue weighted by atomic mass is 16.6. The second-order valence-electron chi connectivity index (χ2n) is 7.60. The van der Waals surface area contributed by atoms with Gasteiger partial charge in [-0.2, -0.15) is 0 Å². The highest BCUT2D eigenvalue weighted by molar-refractivity contribution is 5.92. The number of Topliss-reactive ketones (excluding diaryl/α,β-unsaturated/α-hetero) is 1. The lowest BCUT2D eigenvalue weighted by molar-refractivity contribution is -0.151. The summed E-state index contributed by atoms with van der Waals surface area (Å²) in [6.45, 7) is 12.6. The summed E-state index contributed by atoms with van der Waals surface area (Å²) in [7, 11) is 0. The zero-order chi connectivity index (χ0) is 20.1. The van der Waals surface area contributed by atoms with Crippen LogP contribution in [-0.2, 0) is 28.6 Å². The van der Waals surface area contributed by atoms with Crippen LogP contribution in [0.15, 0.2) is 36.0 Å². The number of ketones is 1. The van der Waals surface area contributed by atoms with Crippen LogP contribution < -0.4 is 0 Å². The predicted molar refractivity (Wildman–Crippen MR) is 94.5 cm³/mol. The van der Waals surface area contributed by atoms with Gasteiger partial charge in [-0.3, -0.25) is 4.79 Å². The summed E-state index contributed by atoms with van der Waals surface area (Å²) in [5, 5.41) is 11.0. The maximum atomic E-state index is 12.5. The number of aliphatic hydroxyl groups excluding tert-OH is 1. The van der Waals surface area contributed by atoms with Gasteiger partial charge in [0.2, 0.25) is 0 Å². The molecule has 6 atom stereocenters. The second-order valence-corrected chi connectivity index (χ2v) is 7.60. The van der Waals surface area contributed by atoms with Gasteiger partial charge in [0, 0.05) is 24.0 Å². The Bertz CT molecular complexity index is 764. The maximum absolute atomic E-state index is 12.5. The summed E-state index contributed by atoms with van der Waals surface area (Å²) in [5.74, 6) is -2.24. The van der Waals surface area contributed by atoms with Crippen LogP contribution >= 0.6 is 0 Å². The van der Waals surface area contributed by atoms with E-state index in [4.69, 9.17) is 14.2 Å². The number of carbonyl (C=O) groups excluding carboxylic acids is 3. The molecule has 7 nitrogen and oxygen atoms in total. The normalized spacial score (nSPS) is 39.4. The van der Waals surface area contributed by atoms with E-state index < -0.39 is 47.9 Å². The van der Waals surface area contributed by atoms with Gasteiger partial charge in [-0.25, -0.2) is 9.59 Å². The number of hydrogen-bond donors (Lipinski definition) is 1. The first kappa shape index (κ1) is 19.5. The molecule has 146 valence electrons. The molecule has 0 aromatic carbocycles. The molecule has 0 bridgehead atoms. The average molecular weight is 376 g/mol. The maximum Gasteiger partial charge on any atom is 0.334 e. The fraction of sp³-hybridized carbons (Fsp3) is 0.550. The lowest BCUT2D eigenvalue weighted by atomic mass is 9.79. The van der Waals surface area contributed by atoms with Crippen molar-refractivity contribution in [1.29, 1.82) is 0 Å². The number of ether oxygens (including phenoxy) is 3. The number of fused-ring (bicyclic) bond motifs is 2. The summed E-state index contributed by atoms with van der Waals surface area (Å²) >= 11 is 0. The molecule has 2 saturated heterocycles. The summed E-state index contributed by atoms with van der Waals surface area (Å²) in [6.07, 6.45) is -2.11. The van der Waals surface area contributed by atoms with Gasteiger partial charge in [0.1, 0.15) is 30.0 Å². The van der Waals surface area contributed by atoms with Crippen molar-refractivity contribution in [2.45, 2.75) is 63.6 Å². The highest BCUT2D eigenvalue weighted by Crippen LogP contribution is 2.47. The first-order valence-corrected chi connectivity index (χ1v) is 8.89. The van der Waals surface area contributed by atoms with Crippen LogP contribution in [0.4, 0.5) is 0 Å². The van der Waals surface area contributed by atoms with Crippen molar-refractivity contribution in [3.05, 3.63) is 36.0 Å². The van der Waals surface area contributed by atoms with Crippen molar-refractivity contribution < 1.29 is 33.7 Å². The Hall–Kier alpha value is -2.25. The molecule has 1 aliphatic carbocycles. The van der Waals surface area contributed by atoms with Crippen LogP contribution in [0.5, 0.6) is 0 Å². The molecule has 0 amide bonds. The topological polar surface area (TPSA) is 102 Å². The minimum absolute atomic E-state index is 0.0944. The third-order valence-electron chi connectivity index (χ3n) is 5.58. The highest BCUT2D eigenvalue weighted by Gasteiger charge is 2.61. The van der Waals surface area contributed by atoms with Crippen molar-refractivity contribution in [3.63, 3.8) is 0 Å². The fourth-order valence-corrected chi connectivity index (χ4v) is 3.76. The summed E-state index contributed by atoms with van der Waals surface area (Å²) in [5.41, 5.74) is -0.0477. The first-order valence-electron chi connectivity index (χ1n) is 8.89. The van der Waals surface area contributed by atoms with Crippen LogP contribution in [0.3, 0.4) is 0 Å². The van der Waals surface area contributed by atoms with Gasteiger partial charge < -0.3 is 19.3 Å². The van der Waals surface area contributed by atoms with E-state index in [0.29, 0.717) is 5.57 Å². The number of esters is 2. The molecule has 0 spiro atoms. The smallest absolute Gasteiger partial charge is 0.334 e. The second kappa shape index (κ2) is 6.73. The monoisotopic (exact) mass is 376 g/mol. The number of rotatable bonds is 2. The van der Waals surface area contributed by atoms with Gasteiger partial charge >= 0.3 is 11.9 Å². The molecule has 0 aromatic rings. The van der Waals surface area contributed by atoms with Crippen molar-refractivity contribution in [2.24, 2.45) is 5.92 Å². The van der Waals surface area contributed by atoms with Gasteiger partial charge in [0.15, 0.2) is 5.78 Å². The van der Waals surface area contributed by atoms with Crippen LogP contribution in [0, 0.1) is 5.92 Å². The van der Waals surface area contributed by atoms with E-state index in [1.165, 1.54) is 0 Å². The largest absolute Gasteiger partial charge is 0.458 e. The number of aliphatic hydroxyl groups is 1. The Kier molecular flexibility index (Phi) is 4.86. The van der Waals surface area contributed by atoms with E-state index in [-0.39, 0.29) is 29.8 Å². The molecule has 6 unspecified atom stereocenters. The van der Waals surface area contributed by atoms with E-state index in [1.54, 1.807) is 26.8 Å². The standard InChI is InChI=1S/C20H24O7/c1-6-9(2)18(23)26-16-10(3)7-12(21)17-20(5,27-17)8-13-14(15(16)22)11(4)19(24)25-13/h6,13-17,22H,3-4,7-8H2,1-2,5H3/b9-6-. The lowest BCUT2D eigenvalue weighted by Gasteiger charge is -2.32. The quantitative estimate of drug-likeness (QED) is 0.336. The SMILES string of the molecule is C=C1CC(=O)C2OC2(C)CC2OC(=O)C(=C)C2C(O)C1OC(=O)/C(C)=C\C. The first-order chi connectivity index (χ1) is 12.6. The van der Waals surface area contributed by atoms with Crippen LogP contribution in [-0.4, -0.2) is 52.8 Å². The molecular weight excluding hydrogens is 352 g/mol. The van der Waals surface area contributed by atoms with Gasteiger partial charge in [0.25, 0.3) is 0 Å². The van der Waals surface area contributed by atoms with Gasteiger partial charge in [-0.05, 0) is 26.3 Å². The molecular formula is C20H24O7. The summed E-state index contributed by atoms with van der Waals surface area (Å²) in [6, 6.07) is 0. The molecule has 7 heteroatoms. The van der Waals surface area contributed by atoms with Crippen molar-refractivity contribution in [1.82, 2.24) is 0 Å². The minimum Gasteiger partial charge on any atom is -0.458 e. The summed E-state index contributed by atoms with van der Waals surface area (Å²) in [4.78, 5) is 36.8. The van der Waals surface area contributed by atoms with Crippen LogP contribution in [0.25, 0.3) is 0 Å². The molecule has 0 aromatic heterocycles. The molecule has 0 radical (unpaired) electrons. The molecule has 2 aliphatic heterocycles. The van der Waals surface area contributed by atoms with Gasteiger partial charge in [-0.15, -0.1) is 0 Å². The number of carbonyl (C=O) groups is 3. The molecule has 27 heavy (non-hydrogen) atoms. The number of hydrogen-bond acceptors (Lipinski definition) is 7. The van der Waals surface area contributed by atoms with Crippen molar-refractivity contribution in [3.8, 4) is 0 Å². The Morgan fingerprint density at radius 2 is 2.04 bits per heavy atom. The Morgan fingerprint density at radius 3 is 2.67 bits per heavy atom. The van der Waals surface area contributed by atoms with E-state index in [9.17, 15) is 19.5 Å². The molecule has 2 heterocycles. The van der Waals surface area contributed by atoms with Crippen LogP contribution in [0.1, 0.15) is 33.6 Å². The average Bonchev–Trinajstić information content (AvgIpc) is 3.20. The summed E-state index contributed by atoms with van der Waals surface area (Å²) < 4.78 is 16.4.